The molecule has 1 aliphatic heterocycles. The molecule has 4 rings (SSSR count). The molecule has 3 aromatic rings. The van der Waals surface area contributed by atoms with E-state index in [0.29, 0.717) is 11.3 Å². The van der Waals surface area contributed by atoms with Gasteiger partial charge in [0.25, 0.3) is 11.8 Å². The minimum absolute atomic E-state index is 0.215. The van der Waals surface area contributed by atoms with E-state index in [4.69, 9.17) is 0 Å². The zero-order chi connectivity index (χ0) is 19.7. The Morgan fingerprint density at radius 3 is 2.50 bits per heavy atom. The Morgan fingerprint density at radius 1 is 1.04 bits per heavy atom. The van der Waals surface area contributed by atoms with Crippen molar-refractivity contribution in [3.05, 3.63) is 87.5 Å². The van der Waals surface area contributed by atoms with Crippen LogP contribution in [0.25, 0.3) is 5.57 Å². The standard InChI is InChI=1S/C22H19N3O2S/c1-14-5-6-17(15(2)12-14)24-20-19(18-4-3-11-28-18)21(26)25(22(20)27)13-16-7-9-23-10-8-16/h3-12,24H,13H2,1-2H3. The molecule has 0 saturated heterocycles. The van der Waals surface area contributed by atoms with Gasteiger partial charge >= 0.3 is 0 Å². The van der Waals surface area contributed by atoms with Crippen molar-refractivity contribution in [1.29, 1.82) is 0 Å². The zero-order valence-electron chi connectivity index (χ0n) is 15.6. The van der Waals surface area contributed by atoms with Gasteiger partial charge in [0.15, 0.2) is 0 Å². The molecule has 0 saturated carbocycles. The van der Waals surface area contributed by atoms with Gasteiger partial charge in [-0.2, -0.15) is 0 Å². The fraction of sp³-hybridized carbons (Fsp3) is 0.136. The SMILES string of the molecule is Cc1ccc(NC2=C(c3cccs3)C(=O)N(Cc3ccncc3)C2=O)c(C)c1. The number of carbonyl (C=O) groups excluding carboxylic acids is 2. The largest absolute Gasteiger partial charge is 0.350 e. The van der Waals surface area contributed by atoms with E-state index < -0.39 is 0 Å². The molecule has 140 valence electrons. The summed E-state index contributed by atoms with van der Waals surface area (Å²) in [4.78, 5) is 32.4. The Kier molecular flexibility index (Phi) is 4.79. The highest BCUT2D eigenvalue weighted by Crippen LogP contribution is 2.34. The van der Waals surface area contributed by atoms with Crippen LogP contribution < -0.4 is 5.32 Å². The molecule has 1 aliphatic rings. The van der Waals surface area contributed by atoms with Crippen LogP contribution in [0.1, 0.15) is 21.6 Å². The number of pyridine rings is 1. The summed E-state index contributed by atoms with van der Waals surface area (Å²) in [5.41, 5.74) is 4.59. The molecule has 5 nitrogen and oxygen atoms in total. The maximum Gasteiger partial charge on any atom is 0.278 e. The number of aromatic nitrogens is 1. The molecule has 0 aliphatic carbocycles. The maximum absolute atomic E-state index is 13.2. The van der Waals surface area contributed by atoms with E-state index in [0.717, 1.165) is 27.3 Å². The Balaban J connectivity index is 1.73. The monoisotopic (exact) mass is 389 g/mol. The minimum atomic E-state index is -0.315. The van der Waals surface area contributed by atoms with E-state index in [1.807, 2.05) is 49.6 Å². The highest BCUT2D eigenvalue weighted by atomic mass is 32.1. The third-order valence-electron chi connectivity index (χ3n) is 4.67. The van der Waals surface area contributed by atoms with Crippen LogP contribution in [0.3, 0.4) is 0 Å². The van der Waals surface area contributed by atoms with Crippen molar-refractivity contribution in [2.45, 2.75) is 20.4 Å². The number of rotatable bonds is 5. The Bertz CT molecular complexity index is 1070. The van der Waals surface area contributed by atoms with Crippen LogP contribution in [0.4, 0.5) is 5.69 Å². The smallest absolute Gasteiger partial charge is 0.278 e. The number of nitrogens with zero attached hydrogens (tertiary/aromatic N) is 2. The number of benzene rings is 1. The average Bonchev–Trinajstić information content (AvgIpc) is 3.28. The predicted molar refractivity (Wildman–Crippen MR) is 111 cm³/mol. The Labute approximate surface area is 167 Å². The summed E-state index contributed by atoms with van der Waals surface area (Å²) in [5, 5.41) is 5.14. The first-order valence-corrected chi connectivity index (χ1v) is 9.80. The molecular formula is C22H19N3O2S. The Morgan fingerprint density at radius 2 is 1.82 bits per heavy atom. The molecule has 0 spiro atoms. The van der Waals surface area contributed by atoms with Gasteiger partial charge in [0, 0.05) is 23.0 Å². The summed E-state index contributed by atoms with van der Waals surface area (Å²) >= 11 is 1.45. The van der Waals surface area contributed by atoms with Crippen molar-refractivity contribution in [2.75, 3.05) is 5.32 Å². The van der Waals surface area contributed by atoms with Gasteiger partial charge in [0.1, 0.15) is 5.70 Å². The number of imide groups is 1. The van der Waals surface area contributed by atoms with Gasteiger partial charge in [-0.25, -0.2) is 0 Å². The quantitative estimate of drug-likeness (QED) is 0.666. The molecule has 2 aromatic heterocycles. The second-order valence-electron chi connectivity index (χ2n) is 6.72. The number of thiophene rings is 1. The van der Waals surface area contributed by atoms with Crippen molar-refractivity contribution in [1.82, 2.24) is 9.88 Å². The number of hydrogen-bond donors (Lipinski definition) is 1. The van der Waals surface area contributed by atoms with Gasteiger partial charge in [-0.15, -0.1) is 11.3 Å². The lowest BCUT2D eigenvalue weighted by atomic mass is 10.1. The fourth-order valence-electron chi connectivity index (χ4n) is 3.24. The van der Waals surface area contributed by atoms with Gasteiger partial charge < -0.3 is 5.32 Å². The summed E-state index contributed by atoms with van der Waals surface area (Å²) in [7, 11) is 0. The van der Waals surface area contributed by atoms with E-state index in [-0.39, 0.29) is 18.4 Å². The fourth-order valence-corrected chi connectivity index (χ4v) is 4.01. The van der Waals surface area contributed by atoms with Gasteiger partial charge in [-0.3, -0.25) is 19.5 Å². The molecule has 6 heteroatoms. The minimum Gasteiger partial charge on any atom is -0.350 e. The number of amides is 2. The first-order valence-electron chi connectivity index (χ1n) is 8.92. The normalized spacial score (nSPS) is 14.1. The lowest BCUT2D eigenvalue weighted by Crippen LogP contribution is -2.32. The highest BCUT2D eigenvalue weighted by molar-refractivity contribution is 7.11. The van der Waals surface area contributed by atoms with E-state index >= 15 is 0 Å². The van der Waals surface area contributed by atoms with Gasteiger partial charge in [-0.1, -0.05) is 23.8 Å². The highest BCUT2D eigenvalue weighted by Gasteiger charge is 2.39. The molecule has 2 amide bonds. The predicted octanol–water partition coefficient (Wildman–Crippen LogP) is 4.15. The van der Waals surface area contributed by atoms with E-state index in [1.165, 1.54) is 16.2 Å². The molecule has 3 heterocycles. The van der Waals surface area contributed by atoms with Crippen molar-refractivity contribution < 1.29 is 9.59 Å². The molecule has 1 N–H and O–H groups in total. The van der Waals surface area contributed by atoms with Crippen molar-refractivity contribution in [2.24, 2.45) is 0 Å². The van der Waals surface area contributed by atoms with Gasteiger partial charge in [-0.05, 0) is 54.6 Å². The summed E-state index contributed by atoms with van der Waals surface area (Å²) in [5.74, 6) is -0.596. The van der Waals surface area contributed by atoms with Crippen LogP contribution >= 0.6 is 11.3 Å². The zero-order valence-corrected chi connectivity index (χ0v) is 16.4. The summed E-state index contributed by atoms with van der Waals surface area (Å²) < 4.78 is 0. The van der Waals surface area contributed by atoms with Crippen molar-refractivity contribution in [3.63, 3.8) is 0 Å². The number of aryl methyl sites for hydroxylation is 2. The first kappa shape index (κ1) is 18.1. The van der Waals surface area contributed by atoms with Gasteiger partial charge in [0.05, 0.1) is 12.1 Å². The molecular weight excluding hydrogens is 370 g/mol. The van der Waals surface area contributed by atoms with Crippen molar-refractivity contribution in [3.8, 4) is 0 Å². The first-order chi connectivity index (χ1) is 13.5. The second-order valence-corrected chi connectivity index (χ2v) is 7.67. The van der Waals surface area contributed by atoms with E-state index in [1.54, 1.807) is 24.5 Å². The molecule has 0 radical (unpaired) electrons. The lowest BCUT2D eigenvalue weighted by Gasteiger charge is -2.15. The molecule has 0 fully saturated rings. The molecule has 0 bridgehead atoms. The van der Waals surface area contributed by atoms with E-state index in [2.05, 4.69) is 10.3 Å². The summed E-state index contributed by atoms with van der Waals surface area (Å²) in [6, 6.07) is 13.3. The molecule has 1 aromatic carbocycles. The van der Waals surface area contributed by atoms with Crippen LogP contribution in [0.15, 0.2) is 65.9 Å². The third-order valence-corrected chi connectivity index (χ3v) is 5.55. The van der Waals surface area contributed by atoms with Crippen LogP contribution in [-0.2, 0) is 16.1 Å². The van der Waals surface area contributed by atoms with Gasteiger partial charge in [0.2, 0.25) is 0 Å². The van der Waals surface area contributed by atoms with Crippen molar-refractivity contribution >= 4 is 34.4 Å². The Hall–Kier alpha value is -3.25. The number of carbonyl (C=O) groups is 2. The summed E-state index contributed by atoms with van der Waals surface area (Å²) in [6.07, 6.45) is 3.31. The molecule has 0 unspecified atom stereocenters. The van der Waals surface area contributed by atoms with Crippen LogP contribution in [-0.4, -0.2) is 21.7 Å². The van der Waals surface area contributed by atoms with E-state index in [9.17, 15) is 9.59 Å². The molecule has 28 heavy (non-hydrogen) atoms. The summed E-state index contributed by atoms with van der Waals surface area (Å²) in [6.45, 7) is 4.22. The number of nitrogens with one attached hydrogen (secondary N) is 1. The third kappa shape index (κ3) is 3.34. The van der Waals surface area contributed by atoms with Crippen LogP contribution in [0.5, 0.6) is 0 Å². The number of anilines is 1. The lowest BCUT2D eigenvalue weighted by molar-refractivity contribution is -0.137. The second kappa shape index (κ2) is 7.40. The maximum atomic E-state index is 13.2. The average molecular weight is 389 g/mol. The van der Waals surface area contributed by atoms with Crippen LogP contribution in [0, 0.1) is 13.8 Å². The van der Waals surface area contributed by atoms with Crippen LogP contribution in [0.2, 0.25) is 0 Å². The molecule has 0 atom stereocenters. The number of hydrogen-bond acceptors (Lipinski definition) is 5. The topological polar surface area (TPSA) is 62.3 Å².